The molecule has 0 bridgehead atoms. The van der Waals surface area contributed by atoms with Gasteiger partial charge in [-0.15, -0.1) is 10.2 Å². The Labute approximate surface area is 155 Å². The monoisotopic (exact) mass is 368 g/mol. The van der Waals surface area contributed by atoms with Crippen molar-refractivity contribution in [2.24, 2.45) is 0 Å². The molecule has 1 saturated carbocycles. The number of anilines is 1. The first-order valence-corrected chi connectivity index (χ1v) is 9.70. The van der Waals surface area contributed by atoms with Crippen LogP contribution in [0.4, 0.5) is 5.13 Å². The molecule has 0 spiro atoms. The van der Waals surface area contributed by atoms with E-state index in [0.29, 0.717) is 22.7 Å². The van der Waals surface area contributed by atoms with E-state index >= 15 is 0 Å². The minimum atomic E-state index is -0.320. The molecule has 7 heteroatoms. The third kappa shape index (κ3) is 3.53. The Bertz CT molecular complexity index is 897. The lowest BCUT2D eigenvalue weighted by Gasteiger charge is -2.18. The molecule has 3 aromatic rings. The second-order valence-electron chi connectivity index (χ2n) is 6.52. The van der Waals surface area contributed by atoms with Crippen molar-refractivity contribution in [3.05, 3.63) is 46.8 Å². The normalized spacial score (nSPS) is 15.1. The second kappa shape index (κ2) is 7.37. The Morgan fingerprint density at radius 1 is 1.15 bits per heavy atom. The molecule has 26 heavy (non-hydrogen) atoms. The van der Waals surface area contributed by atoms with E-state index < -0.39 is 0 Å². The van der Waals surface area contributed by atoms with Gasteiger partial charge in [-0.1, -0.05) is 48.8 Å². The first-order chi connectivity index (χ1) is 12.7. The van der Waals surface area contributed by atoms with Crippen LogP contribution in [0.1, 0.15) is 59.3 Å². The third-order valence-corrected chi connectivity index (χ3v) is 5.65. The van der Waals surface area contributed by atoms with Gasteiger partial charge in [0, 0.05) is 11.5 Å². The maximum absolute atomic E-state index is 12.6. The van der Waals surface area contributed by atoms with E-state index in [2.05, 4.69) is 20.5 Å². The van der Waals surface area contributed by atoms with Crippen LogP contribution in [-0.4, -0.2) is 21.1 Å². The van der Waals surface area contributed by atoms with Gasteiger partial charge in [0.05, 0.1) is 0 Å². The highest BCUT2D eigenvalue weighted by Gasteiger charge is 2.22. The maximum atomic E-state index is 12.6. The fraction of sp³-hybridized carbons (Fsp3) is 0.368. The number of carbonyl (C=O) groups excluding carboxylic acids is 1. The SMILES string of the molecule is Cc1oc(-c2ccccc2)nc1C(=O)Nc1nnc(C2CCCCC2)s1. The molecule has 4 rings (SSSR count). The molecule has 0 saturated heterocycles. The Balaban J connectivity index is 1.48. The lowest BCUT2D eigenvalue weighted by molar-refractivity contribution is 0.102. The lowest BCUT2D eigenvalue weighted by Crippen LogP contribution is -2.13. The molecule has 6 nitrogen and oxygen atoms in total. The average molecular weight is 368 g/mol. The van der Waals surface area contributed by atoms with Gasteiger partial charge in [0.2, 0.25) is 11.0 Å². The summed E-state index contributed by atoms with van der Waals surface area (Å²) in [6.45, 7) is 1.74. The van der Waals surface area contributed by atoms with Crippen LogP contribution in [0.5, 0.6) is 0 Å². The van der Waals surface area contributed by atoms with Crippen LogP contribution in [0.3, 0.4) is 0 Å². The van der Waals surface area contributed by atoms with Gasteiger partial charge >= 0.3 is 0 Å². The van der Waals surface area contributed by atoms with E-state index in [4.69, 9.17) is 4.42 Å². The summed E-state index contributed by atoms with van der Waals surface area (Å²) in [6.07, 6.45) is 6.10. The van der Waals surface area contributed by atoms with E-state index in [1.807, 2.05) is 30.3 Å². The summed E-state index contributed by atoms with van der Waals surface area (Å²) in [6, 6.07) is 9.53. The van der Waals surface area contributed by atoms with Crippen LogP contribution in [0.2, 0.25) is 0 Å². The molecule has 2 aromatic heterocycles. The van der Waals surface area contributed by atoms with Crippen LogP contribution in [-0.2, 0) is 0 Å². The Morgan fingerprint density at radius 2 is 1.92 bits per heavy atom. The number of nitrogens with one attached hydrogen (secondary N) is 1. The Hall–Kier alpha value is -2.54. The molecule has 1 aliphatic rings. The van der Waals surface area contributed by atoms with Crippen molar-refractivity contribution in [3.8, 4) is 11.5 Å². The third-order valence-electron chi connectivity index (χ3n) is 4.65. The second-order valence-corrected chi connectivity index (χ2v) is 7.53. The fourth-order valence-corrected chi connectivity index (χ4v) is 4.17. The molecule has 134 valence electrons. The lowest BCUT2D eigenvalue weighted by atomic mass is 9.90. The smallest absolute Gasteiger partial charge is 0.279 e. The van der Waals surface area contributed by atoms with Gasteiger partial charge in [-0.2, -0.15) is 0 Å². The molecule has 1 fully saturated rings. The molecule has 1 aliphatic carbocycles. The maximum Gasteiger partial charge on any atom is 0.279 e. The van der Waals surface area contributed by atoms with E-state index in [0.717, 1.165) is 23.4 Å². The van der Waals surface area contributed by atoms with Gasteiger partial charge in [-0.3, -0.25) is 10.1 Å². The molecule has 0 unspecified atom stereocenters. The summed E-state index contributed by atoms with van der Waals surface area (Å²) in [5.41, 5.74) is 1.11. The molecule has 1 amide bonds. The summed E-state index contributed by atoms with van der Waals surface area (Å²) in [7, 11) is 0. The Morgan fingerprint density at radius 3 is 2.69 bits per heavy atom. The minimum absolute atomic E-state index is 0.276. The van der Waals surface area contributed by atoms with E-state index in [-0.39, 0.29) is 11.6 Å². The molecular weight excluding hydrogens is 348 g/mol. The van der Waals surface area contributed by atoms with Crippen LogP contribution < -0.4 is 5.32 Å². The van der Waals surface area contributed by atoms with Crippen molar-refractivity contribution in [2.75, 3.05) is 5.32 Å². The molecule has 0 atom stereocenters. The summed E-state index contributed by atoms with van der Waals surface area (Å²) in [4.78, 5) is 16.9. The number of nitrogens with zero attached hydrogens (tertiary/aromatic N) is 3. The number of oxazole rings is 1. The number of benzene rings is 1. The number of carbonyl (C=O) groups is 1. The number of rotatable bonds is 4. The largest absolute Gasteiger partial charge is 0.441 e. The highest BCUT2D eigenvalue weighted by Crippen LogP contribution is 2.35. The zero-order chi connectivity index (χ0) is 17.9. The minimum Gasteiger partial charge on any atom is -0.441 e. The quantitative estimate of drug-likeness (QED) is 0.715. The van der Waals surface area contributed by atoms with Crippen molar-refractivity contribution in [3.63, 3.8) is 0 Å². The topological polar surface area (TPSA) is 80.9 Å². The zero-order valence-corrected chi connectivity index (χ0v) is 15.4. The standard InChI is InChI=1S/C19H20N4O2S/c1-12-15(20-17(25-12)13-8-4-2-5-9-13)16(24)21-19-23-22-18(26-19)14-10-6-3-7-11-14/h2,4-5,8-9,14H,3,6-7,10-11H2,1H3,(H,21,23,24). The summed E-state index contributed by atoms with van der Waals surface area (Å²) in [5.74, 6) is 1.08. The van der Waals surface area contributed by atoms with Crippen molar-refractivity contribution in [2.45, 2.75) is 44.9 Å². The van der Waals surface area contributed by atoms with Gasteiger partial charge in [0.25, 0.3) is 5.91 Å². The predicted molar refractivity (Wildman–Crippen MR) is 100 cm³/mol. The van der Waals surface area contributed by atoms with E-state index in [9.17, 15) is 4.79 Å². The van der Waals surface area contributed by atoms with E-state index in [1.54, 1.807) is 6.92 Å². The summed E-state index contributed by atoms with van der Waals surface area (Å²) in [5, 5.41) is 12.7. The van der Waals surface area contributed by atoms with Gasteiger partial charge in [-0.25, -0.2) is 4.98 Å². The number of aromatic nitrogens is 3. The highest BCUT2D eigenvalue weighted by molar-refractivity contribution is 7.15. The van der Waals surface area contributed by atoms with Crippen molar-refractivity contribution >= 4 is 22.4 Å². The molecular formula is C19H20N4O2S. The first kappa shape index (κ1) is 16.9. The van der Waals surface area contributed by atoms with Crippen molar-refractivity contribution < 1.29 is 9.21 Å². The Kier molecular flexibility index (Phi) is 4.79. The van der Waals surface area contributed by atoms with Gasteiger partial charge < -0.3 is 4.42 Å². The molecule has 1 N–H and O–H groups in total. The summed E-state index contributed by atoms with van der Waals surface area (Å²) < 4.78 is 5.66. The highest BCUT2D eigenvalue weighted by atomic mass is 32.1. The fourth-order valence-electron chi connectivity index (χ4n) is 3.27. The number of amides is 1. The molecule has 0 aliphatic heterocycles. The van der Waals surface area contributed by atoms with E-state index in [1.165, 1.54) is 30.6 Å². The summed E-state index contributed by atoms with van der Waals surface area (Å²) >= 11 is 1.46. The predicted octanol–water partition coefficient (Wildman–Crippen LogP) is 4.80. The van der Waals surface area contributed by atoms with Crippen molar-refractivity contribution in [1.29, 1.82) is 0 Å². The average Bonchev–Trinajstić information content (AvgIpc) is 3.30. The molecule has 2 heterocycles. The van der Waals surface area contributed by atoms with Crippen LogP contribution in [0.25, 0.3) is 11.5 Å². The number of hydrogen-bond donors (Lipinski definition) is 1. The number of hydrogen-bond acceptors (Lipinski definition) is 6. The van der Waals surface area contributed by atoms with Crippen molar-refractivity contribution in [1.82, 2.24) is 15.2 Å². The molecule has 0 radical (unpaired) electrons. The van der Waals surface area contributed by atoms with Crippen LogP contribution in [0, 0.1) is 6.92 Å². The van der Waals surface area contributed by atoms with Gasteiger partial charge in [0.1, 0.15) is 10.8 Å². The first-order valence-electron chi connectivity index (χ1n) is 8.88. The van der Waals surface area contributed by atoms with Crippen LogP contribution in [0.15, 0.2) is 34.7 Å². The van der Waals surface area contributed by atoms with Gasteiger partial charge in [-0.05, 0) is 31.9 Å². The zero-order valence-electron chi connectivity index (χ0n) is 14.6. The number of aryl methyl sites for hydroxylation is 1. The molecule has 1 aromatic carbocycles. The van der Waals surface area contributed by atoms with Gasteiger partial charge in [0.15, 0.2) is 5.69 Å². The van der Waals surface area contributed by atoms with Crippen LogP contribution >= 0.6 is 11.3 Å².